The van der Waals surface area contributed by atoms with Gasteiger partial charge in [-0.2, -0.15) is 5.10 Å². The molecule has 1 saturated heterocycles. The van der Waals surface area contributed by atoms with Crippen molar-refractivity contribution in [3.8, 4) is 0 Å². The van der Waals surface area contributed by atoms with Crippen molar-refractivity contribution in [3.05, 3.63) is 47.3 Å². The molecule has 6 nitrogen and oxygen atoms in total. The highest BCUT2D eigenvalue weighted by Gasteiger charge is 2.41. The molecule has 1 aliphatic heterocycles. The fourth-order valence-electron chi connectivity index (χ4n) is 5.25. The van der Waals surface area contributed by atoms with Crippen LogP contribution in [0, 0.1) is 5.92 Å². The number of hydrogen-bond acceptors (Lipinski definition) is 3. The summed E-state index contributed by atoms with van der Waals surface area (Å²) in [5.74, 6) is 0.996. The van der Waals surface area contributed by atoms with Crippen molar-refractivity contribution in [3.63, 3.8) is 0 Å². The lowest BCUT2D eigenvalue weighted by Crippen LogP contribution is -2.42. The van der Waals surface area contributed by atoms with Crippen molar-refractivity contribution in [2.45, 2.75) is 57.0 Å². The molecular formula is C23H33IN6. The van der Waals surface area contributed by atoms with Gasteiger partial charge < -0.3 is 11.1 Å². The minimum Gasteiger partial charge on any atom is -0.370 e. The molecule has 0 bridgehead atoms. The maximum Gasteiger partial charge on any atom is 0.193 e. The monoisotopic (exact) mass is 520 g/mol. The van der Waals surface area contributed by atoms with Gasteiger partial charge in [-0.05, 0) is 86.7 Å². The Morgan fingerprint density at radius 3 is 2.77 bits per heavy atom. The number of hydrogen-bond donors (Lipinski definition) is 2. The maximum absolute atomic E-state index is 6.28. The topological polar surface area (TPSA) is 71.5 Å². The van der Waals surface area contributed by atoms with Crippen molar-refractivity contribution in [1.29, 1.82) is 0 Å². The summed E-state index contributed by atoms with van der Waals surface area (Å²) in [6.07, 6.45) is 10.6. The fraction of sp³-hybridized carbons (Fsp3) is 0.565. The van der Waals surface area contributed by atoms with E-state index >= 15 is 0 Å². The number of aryl methyl sites for hydroxylation is 3. The molecule has 0 spiro atoms. The van der Waals surface area contributed by atoms with Gasteiger partial charge in [0.25, 0.3) is 0 Å². The van der Waals surface area contributed by atoms with Crippen LogP contribution in [0.25, 0.3) is 0 Å². The van der Waals surface area contributed by atoms with E-state index in [1.165, 1.54) is 68.3 Å². The first-order chi connectivity index (χ1) is 14.2. The Hall–Kier alpha value is -1.61. The van der Waals surface area contributed by atoms with E-state index in [2.05, 4.69) is 46.6 Å². The molecule has 2 atom stereocenters. The Bertz CT molecular complexity index is 903. The average Bonchev–Trinajstić information content (AvgIpc) is 3.32. The first-order valence-corrected chi connectivity index (χ1v) is 11.1. The Morgan fingerprint density at radius 1 is 1.17 bits per heavy atom. The average molecular weight is 520 g/mol. The summed E-state index contributed by atoms with van der Waals surface area (Å²) in [4.78, 5) is 7.47. The van der Waals surface area contributed by atoms with E-state index in [-0.39, 0.29) is 24.0 Å². The van der Waals surface area contributed by atoms with Gasteiger partial charge in [0, 0.05) is 31.5 Å². The van der Waals surface area contributed by atoms with Crippen LogP contribution < -0.4 is 11.1 Å². The first-order valence-electron chi connectivity index (χ1n) is 11.1. The molecule has 2 heterocycles. The third kappa shape index (κ3) is 4.51. The number of piperidine rings is 1. The SMILES string of the molecule is Cn1nccc1[C@H]1[C@H](CN=C(N)Nc2ccc3c(c2)CCC3)CCCN1C1CC1.I. The first kappa shape index (κ1) is 21.6. The van der Waals surface area contributed by atoms with Gasteiger partial charge in [-0.25, -0.2) is 0 Å². The van der Waals surface area contributed by atoms with Crippen LogP contribution in [0.2, 0.25) is 0 Å². The molecule has 3 N–H and O–H groups in total. The predicted molar refractivity (Wildman–Crippen MR) is 132 cm³/mol. The molecule has 2 aliphatic carbocycles. The van der Waals surface area contributed by atoms with Crippen LogP contribution in [-0.2, 0) is 19.9 Å². The number of nitrogens with two attached hydrogens (primary N) is 1. The zero-order valence-electron chi connectivity index (χ0n) is 17.8. The van der Waals surface area contributed by atoms with E-state index in [0.717, 1.165) is 18.3 Å². The molecule has 5 rings (SSSR count). The van der Waals surface area contributed by atoms with E-state index < -0.39 is 0 Å². The number of aliphatic imine (C=N–C) groups is 1. The molecule has 1 saturated carbocycles. The van der Waals surface area contributed by atoms with E-state index in [4.69, 9.17) is 10.7 Å². The summed E-state index contributed by atoms with van der Waals surface area (Å²) in [5, 5.41) is 7.75. The van der Waals surface area contributed by atoms with Crippen molar-refractivity contribution >= 4 is 35.6 Å². The van der Waals surface area contributed by atoms with Gasteiger partial charge in [-0.3, -0.25) is 14.6 Å². The molecule has 0 unspecified atom stereocenters. The molecule has 30 heavy (non-hydrogen) atoms. The standard InChI is InChI=1S/C23H32N6.HI/c1-28-21(11-12-26-28)22-18(6-3-13-29(22)20-9-10-20)15-25-23(24)27-19-8-7-16-4-2-5-17(16)14-19;/h7-8,11-12,14,18,20,22H,2-6,9-10,13,15H2,1H3,(H3,24,25,27);1H/t18-,22+;/m0./s1. The number of nitrogens with one attached hydrogen (secondary N) is 1. The van der Waals surface area contributed by atoms with Crippen LogP contribution in [0.4, 0.5) is 5.69 Å². The number of guanidine groups is 1. The van der Waals surface area contributed by atoms with E-state index in [0.29, 0.717) is 17.9 Å². The smallest absolute Gasteiger partial charge is 0.193 e. The minimum atomic E-state index is 0. The number of nitrogens with zero attached hydrogens (tertiary/aromatic N) is 4. The number of likely N-dealkylation sites (tertiary alicyclic amines) is 1. The number of aromatic nitrogens is 2. The van der Waals surface area contributed by atoms with Crippen LogP contribution in [0.15, 0.2) is 35.5 Å². The molecule has 162 valence electrons. The van der Waals surface area contributed by atoms with Gasteiger partial charge in [-0.1, -0.05) is 6.07 Å². The molecule has 0 radical (unpaired) electrons. The molecule has 2 fully saturated rings. The minimum absolute atomic E-state index is 0. The highest BCUT2D eigenvalue weighted by molar-refractivity contribution is 14.0. The third-order valence-electron chi connectivity index (χ3n) is 6.84. The molecule has 1 aromatic carbocycles. The largest absolute Gasteiger partial charge is 0.370 e. The summed E-state index contributed by atoms with van der Waals surface area (Å²) in [6.45, 7) is 1.94. The molecule has 2 aromatic rings. The van der Waals surface area contributed by atoms with Crippen LogP contribution in [0.1, 0.15) is 55.0 Å². The van der Waals surface area contributed by atoms with Gasteiger partial charge in [0.2, 0.25) is 0 Å². The second kappa shape index (κ2) is 9.26. The number of halogens is 1. The van der Waals surface area contributed by atoms with Crippen LogP contribution in [0.3, 0.4) is 0 Å². The zero-order valence-corrected chi connectivity index (χ0v) is 20.1. The Kier molecular flexibility index (Phi) is 6.67. The lowest BCUT2D eigenvalue weighted by atomic mass is 9.86. The van der Waals surface area contributed by atoms with E-state index in [9.17, 15) is 0 Å². The Labute approximate surface area is 196 Å². The second-order valence-corrected chi connectivity index (χ2v) is 8.88. The van der Waals surface area contributed by atoms with Crippen molar-refractivity contribution < 1.29 is 0 Å². The third-order valence-corrected chi connectivity index (χ3v) is 6.84. The maximum atomic E-state index is 6.28. The van der Waals surface area contributed by atoms with Gasteiger partial charge >= 0.3 is 0 Å². The number of anilines is 1. The highest BCUT2D eigenvalue weighted by atomic mass is 127. The molecule has 1 aromatic heterocycles. The lowest BCUT2D eigenvalue weighted by Gasteiger charge is -2.41. The quantitative estimate of drug-likeness (QED) is 0.357. The van der Waals surface area contributed by atoms with Crippen LogP contribution in [0.5, 0.6) is 0 Å². The number of fused-ring (bicyclic) bond motifs is 1. The predicted octanol–water partition coefficient (Wildman–Crippen LogP) is 3.87. The second-order valence-electron chi connectivity index (χ2n) is 8.88. The lowest BCUT2D eigenvalue weighted by molar-refractivity contribution is 0.0824. The van der Waals surface area contributed by atoms with E-state index in [1.54, 1.807) is 0 Å². The normalized spacial score (nSPS) is 24.4. The molecule has 7 heteroatoms. The zero-order chi connectivity index (χ0) is 19.8. The van der Waals surface area contributed by atoms with Gasteiger partial charge in [0.05, 0.1) is 11.7 Å². The van der Waals surface area contributed by atoms with Crippen molar-refractivity contribution in [1.82, 2.24) is 14.7 Å². The van der Waals surface area contributed by atoms with Gasteiger partial charge in [-0.15, -0.1) is 24.0 Å². The number of rotatable bonds is 5. The Balaban J connectivity index is 0.00000218. The molecular weight excluding hydrogens is 487 g/mol. The van der Waals surface area contributed by atoms with Crippen LogP contribution in [-0.4, -0.2) is 39.8 Å². The summed E-state index contributed by atoms with van der Waals surface area (Å²) in [5.41, 5.74) is 11.6. The Morgan fingerprint density at radius 2 is 2.00 bits per heavy atom. The van der Waals surface area contributed by atoms with Gasteiger partial charge in [0.1, 0.15) is 0 Å². The summed E-state index contributed by atoms with van der Waals surface area (Å²) >= 11 is 0. The molecule has 3 aliphatic rings. The van der Waals surface area contributed by atoms with Crippen LogP contribution >= 0.6 is 24.0 Å². The summed E-state index contributed by atoms with van der Waals surface area (Å²) in [6, 6.07) is 9.89. The van der Waals surface area contributed by atoms with Gasteiger partial charge in [0.15, 0.2) is 5.96 Å². The summed E-state index contributed by atoms with van der Waals surface area (Å²) < 4.78 is 2.04. The van der Waals surface area contributed by atoms with E-state index in [1.807, 2.05) is 10.9 Å². The highest BCUT2D eigenvalue weighted by Crippen LogP contribution is 2.42. The number of benzene rings is 1. The summed E-state index contributed by atoms with van der Waals surface area (Å²) in [7, 11) is 2.05. The van der Waals surface area contributed by atoms with Crippen molar-refractivity contribution in [2.75, 3.05) is 18.4 Å². The fourth-order valence-corrected chi connectivity index (χ4v) is 5.25. The molecule has 0 amide bonds. The van der Waals surface area contributed by atoms with Crippen molar-refractivity contribution in [2.24, 2.45) is 23.7 Å².